The molecule has 0 fully saturated rings. The summed E-state index contributed by atoms with van der Waals surface area (Å²) in [6, 6.07) is 16.9. The van der Waals surface area contributed by atoms with Gasteiger partial charge in [0.05, 0.1) is 12.9 Å². The van der Waals surface area contributed by atoms with E-state index in [1.165, 1.54) is 0 Å². The molecule has 0 aliphatic carbocycles. The molecule has 128 valence electrons. The Kier molecular flexibility index (Phi) is 5.68. The predicted molar refractivity (Wildman–Crippen MR) is 100 cm³/mol. The molecule has 3 aromatic rings. The number of anilines is 1. The van der Waals surface area contributed by atoms with Crippen LogP contribution in [0.3, 0.4) is 0 Å². The van der Waals surface area contributed by atoms with Crippen molar-refractivity contribution in [2.45, 2.75) is 20.1 Å². The molecule has 0 aliphatic heterocycles. The second-order valence-electron chi connectivity index (χ2n) is 5.69. The lowest BCUT2D eigenvalue weighted by Gasteiger charge is -2.10. The monoisotopic (exact) mass is 399 g/mol. The summed E-state index contributed by atoms with van der Waals surface area (Å²) in [6.45, 7) is 2.78. The van der Waals surface area contributed by atoms with E-state index in [4.69, 9.17) is 9.15 Å². The summed E-state index contributed by atoms with van der Waals surface area (Å²) in [7, 11) is 0. The van der Waals surface area contributed by atoms with Crippen molar-refractivity contribution in [3.05, 3.63) is 87.8 Å². The molecule has 2 aromatic carbocycles. The Morgan fingerprint density at radius 3 is 2.76 bits per heavy atom. The van der Waals surface area contributed by atoms with Gasteiger partial charge in [-0.2, -0.15) is 0 Å². The van der Waals surface area contributed by atoms with Gasteiger partial charge in [0, 0.05) is 15.7 Å². The maximum Gasteiger partial charge on any atom is 0.255 e. The highest BCUT2D eigenvalue weighted by Gasteiger charge is 2.10. The van der Waals surface area contributed by atoms with Crippen LogP contribution in [0.1, 0.15) is 27.2 Å². The number of furan rings is 1. The first-order valence-electron chi connectivity index (χ1n) is 7.88. The number of amides is 1. The number of benzene rings is 2. The quantitative estimate of drug-likeness (QED) is 0.609. The number of aryl methyl sites for hydroxylation is 1. The maximum absolute atomic E-state index is 12.5. The molecule has 25 heavy (non-hydrogen) atoms. The van der Waals surface area contributed by atoms with Crippen molar-refractivity contribution in [3.63, 3.8) is 0 Å². The number of rotatable bonds is 6. The zero-order chi connectivity index (χ0) is 17.6. The van der Waals surface area contributed by atoms with Gasteiger partial charge in [0.1, 0.15) is 12.4 Å². The van der Waals surface area contributed by atoms with Gasteiger partial charge < -0.3 is 14.5 Å². The number of carbonyl (C=O) groups excluding carboxylic acids is 1. The largest absolute Gasteiger partial charge is 0.467 e. The van der Waals surface area contributed by atoms with Gasteiger partial charge in [-0.05, 0) is 60.5 Å². The second-order valence-corrected chi connectivity index (χ2v) is 6.60. The van der Waals surface area contributed by atoms with Gasteiger partial charge in [0.25, 0.3) is 5.91 Å². The number of halogens is 1. The molecule has 0 aliphatic rings. The molecule has 1 aromatic heterocycles. The lowest BCUT2D eigenvalue weighted by Crippen LogP contribution is -2.13. The van der Waals surface area contributed by atoms with Crippen LogP contribution in [-0.4, -0.2) is 5.91 Å². The summed E-state index contributed by atoms with van der Waals surface area (Å²) in [5.41, 5.74) is 3.30. The molecule has 0 atom stereocenters. The summed E-state index contributed by atoms with van der Waals surface area (Å²) < 4.78 is 11.8. The molecule has 0 saturated heterocycles. The summed E-state index contributed by atoms with van der Waals surface area (Å²) in [5.74, 6) is 0.661. The van der Waals surface area contributed by atoms with Crippen molar-refractivity contribution >= 4 is 27.5 Å². The average Bonchev–Trinajstić information content (AvgIpc) is 3.08. The third-order valence-corrected chi connectivity index (χ3v) is 4.20. The van der Waals surface area contributed by atoms with Crippen LogP contribution in [0, 0.1) is 6.92 Å². The number of nitrogens with one attached hydrogen (secondary N) is 1. The standard InChI is InChI=1S/C20H18BrNO3/c1-14-10-16(21)7-8-19(14)20(23)22-17-5-2-4-15(11-17)12-24-13-18-6-3-9-25-18/h2-11H,12-13H2,1H3,(H,22,23). The molecule has 0 bridgehead atoms. The Balaban J connectivity index is 1.61. The summed E-state index contributed by atoms with van der Waals surface area (Å²) in [4.78, 5) is 12.5. The van der Waals surface area contributed by atoms with Crippen LogP contribution >= 0.6 is 15.9 Å². The highest BCUT2D eigenvalue weighted by Crippen LogP contribution is 2.18. The van der Waals surface area contributed by atoms with Gasteiger partial charge in [-0.3, -0.25) is 4.79 Å². The minimum absolute atomic E-state index is 0.126. The van der Waals surface area contributed by atoms with E-state index in [0.717, 1.165) is 27.0 Å². The molecule has 5 heteroatoms. The van der Waals surface area contributed by atoms with Crippen LogP contribution in [0.4, 0.5) is 5.69 Å². The first-order chi connectivity index (χ1) is 12.1. The molecule has 0 saturated carbocycles. The Morgan fingerprint density at radius 2 is 2.00 bits per heavy atom. The fourth-order valence-corrected chi connectivity index (χ4v) is 2.96. The van der Waals surface area contributed by atoms with E-state index in [1.54, 1.807) is 6.26 Å². The maximum atomic E-state index is 12.5. The number of hydrogen-bond acceptors (Lipinski definition) is 3. The number of ether oxygens (including phenoxy) is 1. The fraction of sp³-hybridized carbons (Fsp3) is 0.150. The Labute approximate surface area is 154 Å². The molecule has 1 N–H and O–H groups in total. The zero-order valence-electron chi connectivity index (χ0n) is 13.8. The molecule has 0 radical (unpaired) electrons. The Morgan fingerprint density at radius 1 is 1.12 bits per heavy atom. The van der Waals surface area contributed by atoms with Gasteiger partial charge >= 0.3 is 0 Å². The van der Waals surface area contributed by atoms with Crippen LogP contribution in [0.15, 0.2) is 69.8 Å². The predicted octanol–water partition coefficient (Wildman–Crippen LogP) is 5.32. The summed E-state index contributed by atoms with van der Waals surface area (Å²) >= 11 is 3.41. The lowest BCUT2D eigenvalue weighted by molar-refractivity contribution is 0.0929. The highest BCUT2D eigenvalue weighted by atomic mass is 79.9. The van der Waals surface area contributed by atoms with Gasteiger partial charge in [0.2, 0.25) is 0 Å². The minimum atomic E-state index is -0.126. The number of carbonyl (C=O) groups is 1. The van der Waals surface area contributed by atoms with Crippen molar-refractivity contribution in [3.8, 4) is 0 Å². The van der Waals surface area contributed by atoms with Crippen LogP contribution in [0.25, 0.3) is 0 Å². The van der Waals surface area contributed by atoms with Gasteiger partial charge in [0.15, 0.2) is 0 Å². The molecule has 4 nitrogen and oxygen atoms in total. The lowest BCUT2D eigenvalue weighted by atomic mass is 10.1. The van der Waals surface area contributed by atoms with Crippen LogP contribution < -0.4 is 5.32 Å². The topological polar surface area (TPSA) is 51.5 Å². The summed E-state index contributed by atoms with van der Waals surface area (Å²) in [5, 5.41) is 2.93. The summed E-state index contributed by atoms with van der Waals surface area (Å²) in [6.07, 6.45) is 1.62. The van der Waals surface area contributed by atoms with E-state index in [1.807, 2.05) is 61.5 Å². The second kappa shape index (κ2) is 8.14. The van der Waals surface area contributed by atoms with Crippen molar-refractivity contribution in [1.82, 2.24) is 0 Å². The van der Waals surface area contributed by atoms with Crippen molar-refractivity contribution in [2.75, 3.05) is 5.32 Å². The zero-order valence-corrected chi connectivity index (χ0v) is 15.4. The normalized spacial score (nSPS) is 10.6. The third-order valence-electron chi connectivity index (χ3n) is 3.71. The minimum Gasteiger partial charge on any atom is -0.467 e. The first-order valence-corrected chi connectivity index (χ1v) is 8.68. The van der Waals surface area contributed by atoms with Crippen LogP contribution in [0.2, 0.25) is 0 Å². The van der Waals surface area contributed by atoms with E-state index in [0.29, 0.717) is 18.8 Å². The molecular formula is C20H18BrNO3. The van der Waals surface area contributed by atoms with Crippen molar-refractivity contribution < 1.29 is 13.9 Å². The molecule has 0 unspecified atom stereocenters. The van der Waals surface area contributed by atoms with Crippen LogP contribution in [0.5, 0.6) is 0 Å². The van der Waals surface area contributed by atoms with Gasteiger partial charge in [-0.25, -0.2) is 0 Å². The Hall–Kier alpha value is -2.37. The SMILES string of the molecule is Cc1cc(Br)ccc1C(=O)Nc1cccc(COCc2ccco2)c1. The molecule has 1 amide bonds. The molecule has 0 spiro atoms. The third kappa shape index (κ3) is 4.81. The van der Waals surface area contributed by atoms with Gasteiger partial charge in [-0.15, -0.1) is 0 Å². The van der Waals surface area contributed by atoms with E-state index in [2.05, 4.69) is 21.2 Å². The van der Waals surface area contributed by atoms with E-state index >= 15 is 0 Å². The molecular weight excluding hydrogens is 382 g/mol. The highest BCUT2D eigenvalue weighted by molar-refractivity contribution is 9.10. The average molecular weight is 400 g/mol. The van der Waals surface area contributed by atoms with E-state index in [9.17, 15) is 4.79 Å². The smallest absolute Gasteiger partial charge is 0.255 e. The van der Waals surface area contributed by atoms with Gasteiger partial charge in [-0.1, -0.05) is 28.1 Å². The first kappa shape index (κ1) is 17.5. The van der Waals surface area contributed by atoms with E-state index in [-0.39, 0.29) is 5.91 Å². The van der Waals surface area contributed by atoms with E-state index < -0.39 is 0 Å². The molecule has 3 rings (SSSR count). The fourth-order valence-electron chi connectivity index (χ4n) is 2.48. The Bertz CT molecular complexity index is 859. The molecule has 1 heterocycles. The van der Waals surface area contributed by atoms with Crippen molar-refractivity contribution in [2.24, 2.45) is 0 Å². The van der Waals surface area contributed by atoms with Crippen molar-refractivity contribution in [1.29, 1.82) is 0 Å². The van der Waals surface area contributed by atoms with Crippen LogP contribution in [-0.2, 0) is 18.0 Å². The number of hydrogen-bond donors (Lipinski definition) is 1.